The normalized spacial score (nSPS) is 21.2. The average Bonchev–Trinajstić information content (AvgIpc) is 2.69. The summed E-state index contributed by atoms with van der Waals surface area (Å²) in [6.07, 6.45) is 5.79. The van der Waals surface area contributed by atoms with E-state index in [9.17, 15) is 4.79 Å². The largest absolute Gasteiger partial charge is 0.314 e. The van der Waals surface area contributed by atoms with Crippen LogP contribution >= 0.6 is 0 Å². The third-order valence-corrected chi connectivity index (χ3v) is 3.34. The van der Waals surface area contributed by atoms with Crippen molar-refractivity contribution in [3.63, 3.8) is 0 Å². The molecule has 1 fully saturated rings. The molecule has 1 aliphatic heterocycles. The van der Waals surface area contributed by atoms with Crippen LogP contribution in [0.15, 0.2) is 10.9 Å². The molecule has 0 amide bonds. The van der Waals surface area contributed by atoms with Crippen molar-refractivity contribution >= 4 is 0 Å². The molecule has 4 heteroatoms. The van der Waals surface area contributed by atoms with Crippen LogP contribution in [0.2, 0.25) is 0 Å². The van der Waals surface area contributed by atoms with Crippen LogP contribution in [0.3, 0.4) is 0 Å². The van der Waals surface area contributed by atoms with E-state index >= 15 is 0 Å². The molecule has 1 atom stereocenters. The molecule has 2 N–H and O–H groups in total. The third-order valence-electron chi connectivity index (χ3n) is 3.34. The second-order valence-electron chi connectivity index (χ2n) is 4.56. The maximum atomic E-state index is 11.6. The van der Waals surface area contributed by atoms with E-state index in [0.29, 0.717) is 6.04 Å². The van der Waals surface area contributed by atoms with E-state index in [1.165, 1.54) is 19.3 Å². The Morgan fingerprint density at radius 3 is 3.00 bits per heavy atom. The van der Waals surface area contributed by atoms with E-state index in [0.717, 1.165) is 31.6 Å². The van der Waals surface area contributed by atoms with Gasteiger partial charge in [-0.2, -0.15) is 0 Å². The lowest BCUT2D eigenvalue weighted by molar-refractivity contribution is 0.358. The van der Waals surface area contributed by atoms with Crippen molar-refractivity contribution in [1.29, 1.82) is 0 Å². The van der Waals surface area contributed by atoms with Crippen LogP contribution in [0, 0.1) is 0 Å². The van der Waals surface area contributed by atoms with Crippen molar-refractivity contribution < 1.29 is 0 Å². The van der Waals surface area contributed by atoms with Crippen molar-refractivity contribution in [2.24, 2.45) is 0 Å². The molecule has 90 valence electrons. The predicted octanol–water partition coefficient (Wildman–Crippen LogP) is 1.27. The van der Waals surface area contributed by atoms with Gasteiger partial charge in [-0.3, -0.25) is 14.6 Å². The second-order valence-corrected chi connectivity index (χ2v) is 4.56. The molecular formula is C12H21N3O. The molecule has 0 radical (unpaired) electrons. The summed E-state index contributed by atoms with van der Waals surface area (Å²) in [4.78, 5) is 11.6. The number of nitrogens with zero attached hydrogens (tertiary/aromatic N) is 1. The highest BCUT2D eigenvalue weighted by Crippen LogP contribution is 2.10. The first-order valence-electron chi connectivity index (χ1n) is 6.31. The monoisotopic (exact) mass is 223 g/mol. The molecule has 2 rings (SSSR count). The number of nitrogens with one attached hydrogen (secondary N) is 2. The van der Waals surface area contributed by atoms with Gasteiger partial charge in [0.25, 0.3) is 5.56 Å². The molecular weight excluding hydrogens is 202 g/mol. The first-order chi connectivity index (χ1) is 7.79. The maximum Gasteiger partial charge on any atom is 0.266 e. The lowest BCUT2D eigenvalue weighted by atomic mass is 10.0. The zero-order valence-corrected chi connectivity index (χ0v) is 9.96. The van der Waals surface area contributed by atoms with Crippen molar-refractivity contribution in [2.45, 2.75) is 51.6 Å². The molecule has 0 saturated carbocycles. The predicted molar refractivity (Wildman–Crippen MR) is 64.7 cm³/mol. The third kappa shape index (κ3) is 2.76. The fourth-order valence-corrected chi connectivity index (χ4v) is 2.29. The number of rotatable bonds is 4. The summed E-state index contributed by atoms with van der Waals surface area (Å²) in [6, 6.07) is 2.29. The standard InChI is InChI=1S/C12H21N3O/c1-2-10-9-12(16)15(14-10)8-6-11-5-3-4-7-13-11/h9,11,13-14H,2-8H2,1H3. The van der Waals surface area contributed by atoms with Crippen molar-refractivity contribution in [3.8, 4) is 0 Å². The Bertz CT molecular complexity index is 374. The first-order valence-corrected chi connectivity index (χ1v) is 6.31. The van der Waals surface area contributed by atoms with Gasteiger partial charge in [0.05, 0.1) is 0 Å². The van der Waals surface area contributed by atoms with Gasteiger partial charge in [0, 0.05) is 24.3 Å². The molecule has 4 nitrogen and oxygen atoms in total. The Labute approximate surface area is 96.0 Å². The van der Waals surface area contributed by atoms with Gasteiger partial charge >= 0.3 is 0 Å². The molecule has 0 aromatic carbocycles. The van der Waals surface area contributed by atoms with Gasteiger partial charge in [0.15, 0.2) is 0 Å². The average molecular weight is 223 g/mol. The van der Waals surface area contributed by atoms with Gasteiger partial charge in [-0.05, 0) is 32.2 Å². The SMILES string of the molecule is CCc1cc(=O)n(CCC2CCCCN2)[nH]1. The van der Waals surface area contributed by atoms with E-state index in [1.54, 1.807) is 10.7 Å². The number of hydrogen-bond donors (Lipinski definition) is 2. The number of hydrogen-bond acceptors (Lipinski definition) is 2. The van der Waals surface area contributed by atoms with Crippen molar-refractivity contribution in [1.82, 2.24) is 15.1 Å². The minimum atomic E-state index is 0.104. The summed E-state index contributed by atoms with van der Waals surface area (Å²) < 4.78 is 1.73. The Morgan fingerprint density at radius 1 is 1.50 bits per heavy atom. The van der Waals surface area contributed by atoms with Gasteiger partial charge in [-0.15, -0.1) is 0 Å². The zero-order valence-electron chi connectivity index (χ0n) is 9.96. The summed E-state index contributed by atoms with van der Waals surface area (Å²) in [6.45, 7) is 3.99. The van der Waals surface area contributed by atoms with Crippen LogP contribution in [-0.4, -0.2) is 22.4 Å². The Hall–Kier alpha value is -1.03. The fraction of sp³-hybridized carbons (Fsp3) is 0.750. The number of piperidine rings is 1. The molecule has 1 aliphatic rings. The number of aryl methyl sites for hydroxylation is 2. The molecule has 2 heterocycles. The van der Waals surface area contributed by atoms with Gasteiger partial charge in [-0.25, -0.2) is 0 Å². The Balaban J connectivity index is 1.88. The van der Waals surface area contributed by atoms with E-state index in [4.69, 9.17) is 0 Å². The minimum absolute atomic E-state index is 0.104. The summed E-state index contributed by atoms with van der Waals surface area (Å²) in [5.41, 5.74) is 1.13. The molecule has 1 saturated heterocycles. The molecule has 0 aliphatic carbocycles. The van der Waals surface area contributed by atoms with Crippen LogP contribution in [0.4, 0.5) is 0 Å². The Kier molecular flexibility index (Phi) is 3.83. The second kappa shape index (κ2) is 5.34. The van der Waals surface area contributed by atoms with Crippen LogP contribution in [0.5, 0.6) is 0 Å². The van der Waals surface area contributed by atoms with E-state index in [2.05, 4.69) is 17.3 Å². The first kappa shape index (κ1) is 11.5. The van der Waals surface area contributed by atoms with E-state index in [1.807, 2.05) is 0 Å². The van der Waals surface area contributed by atoms with Gasteiger partial charge < -0.3 is 5.32 Å². The maximum absolute atomic E-state index is 11.6. The molecule has 1 aromatic heterocycles. The highest BCUT2D eigenvalue weighted by Gasteiger charge is 2.12. The number of aromatic nitrogens is 2. The highest BCUT2D eigenvalue weighted by molar-refractivity contribution is 4.98. The van der Waals surface area contributed by atoms with Crippen LogP contribution in [-0.2, 0) is 13.0 Å². The van der Waals surface area contributed by atoms with E-state index in [-0.39, 0.29) is 5.56 Å². The van der Waals surface area contributed by atoms with Crippen molar-refractivity contribution in [3.05, 3.63) is 22.1 Å². The van der Waals surface area contributed by atoms with Crippen LogP contribution < -0.4 is 10.9 Å². The molecule has 1 unspecified atom stereocenters. The minimum Gasteiger partial charge on any atom is -0.314 e. The fourth-order valence-electron chi connectivity index (χ4n) is 2.29. The smallest absolute Gasteiger partial charge is 0.266 e. The lowest BCUT2D eigenvalue weighted by Crippen LogP contribution is -2.35. The quantitative estimate of drug-likeness (QED) is 0.807. The van der Waals surface area contributed by atoms with Gasteiger partial charge in [0.2, 0.25) is 0 Å². The van der Waals surface area contributed by atoms with Crippen LogP contribution in [0.25, 0.3) is 0 Å². The van der Waals surface area contributed by atoms with Crippen LogP contribution in [0.1, 0.15) is 38.3 Å². The lowest BCUT2D eigenvalue weighted by Gasteiger charge is -2.23. The molecule has 1 aromatic rings. The highest BCUT2D eigenvalue weighted by atomic mass is 16.1. The van der Waals surface area contributed by atoms with E-state index < -0.39 is 0 Å². The summed E-state index contributed by atoms with van der Waals surface area (Å²) in [7, 11) is 0. The topological polar surface area (TPSA) is 49.8 Å². The summed E-state index contributed by atoms with van der Waals surface area (Å²) in [5, 5.41) is 6.65. The number of H-pyrrole nitrogens is 1. The van der Waals surface area contributed by atoms with Gasteiger partial charge in [-0.1, -0.05) is 13.3 Å². The summed E-state index contributed by atoms with van der Waals surface area (Å²) in [5.74, 6) is 0. The number of aromatic amines is 1. The zero-order chi connectivity index (χ0) is 11.4. The molecule has 16 heavy (non-hydrogen) atoms. The Morgan fingerprint density at radius 2 is 2.38 bits per heavy atom. The summed E-state index contributed by atoms with van der Waals surface area (Å²) >= 11 is 0. The molecule has 0 bridgehead atoms. The van der Waals surface area contributed by atoms with Gasteiger partial charge in [0.1, 0.15) is 0 Å². The van der Waals surface area contributed by atoms with Crippen molar-refractivity contribution in [2.75, 3.05) is 6.54 Å². The molecule has 0 spiro atoms.